The third-order valence-electron chi connectivity index (χ3n) is 4.58. The van der Waals surface area contributed by atoms with Crippen LogP contribution in [0.4, 0.5) is 17.6 Å². The molecular weight excluding hydrogens is 392 g/mol. The van der Waals surface area contributed by atoms with Crippen molar-refractivity contribution >= 4 is 5.97 Å². The van der Waals surface area contributed by atoms with Crippen LogP contribution < -0.4 is 9.47 Å². The zero-order valence-corrected chi connectivity index (χ0v) is 15.7. The van der Waals surface area contributed by atoms with Gasteiger partial charge < -0.3 is 14.2 Å². The zero-order valence-electron chi connectivity index (χ0n) is 15.7. The summed E-state index contributed by atoms with van der Waals surface area (Å²) in [7, 11) is 0. The second-order valence-corrected chi connectivity index (χ2v) is 6.76. The summed E-state index contributed by atoms with van der Waals surface area (Å²) in [6.45, 7) is 2.11. The molecule has 156 valence electrons. The number of benzene rings is 2. The molecule has 0 N–H and O–H groups in total. The van der Waals surface area contributed by atoms with Gasteiger partial charge in [0, 0.05) is 6.07 Å². The van der Waals surface area contributed by atoms with Crippen LogP contribution in [0.5, 0.6) is 11.5 Å². The van der Waals surface area contributed by atoms with Crippen molar-refractivity contribution in [3.63, 3.8) is 0 Å². The largest absolute Gasteiger partial charge is 0.573 e. The van der Waals surface area contributed by atoms with E-state index in [2.05, 4.69) is 11.7 Å². The highest BCUT2D eigenvalue weighted by Gasteiger charge is 2.32. The van der Waals surface area contributed by atoms with Gasteiger partial charge in [-0.15, -0.1) is 13.2 Å². The molecule has 2 atom stereocenters. The van der Waals surface area contributed by atoms with Crippen LogP contribution in [0.15, 0.2) is 42.5 Å². The predicted octanol–water partition coefficient (Wildman–Crippen LogP) is 5.96. The molecule has 3 rings (SSSR count). The number of hydrogen-bond donors (Lipinski definition) is 0. The highest BCUT2D eigenvalue weighted by atomic mass is 19.4. The van der Waals surface area contributed by atoms with Crippen molar-refractivity contribution in [2.75, 3.05) is 0 Å². The Bertz CT molecular complexity index is 849. The first-order valence-corrected chi connectivity index (χ1v) is 9.28. The zero-order chi connectivity index (χ0) is 21.0. The molecule has 0 aliphatic carbocycles. The third-order valence-corrected chi connectivity index (χ3v) is 4.58. The fourth-order valence-corrected chi connectivity index (χ4v) is 3.24. The van der Waals surface area contributed by atoms with Gasteiger partial charge in [0.05, 0.1) is 17.8 Å². The van der Waals surface area contributed by atoms with E-state index in [-0.39, 0.29) is 23.5 Å². The minimum atomic E-state index is -5.01. The van der Waals surface area contributed by atoms with Gasteiger partial charge in [-0.25, -0.2) is 9.18 Å². The lowest BCUT2D eigenvalue weighted by Gasteiger charge is -2.14. The van der Waals surface area contributed by atoms with E-state index in [4.69, 9.17) is 9.47 Å². The van der Waals surface area contributed by atoms with Gasteiger partial charge >= 0.3 is 12.3 Å². The van der Waals surface area contributed by atoms with Crippen LogP contribution in [0.2, 0.25) is 0 Å². The van der Waals surface area contributed by atoms with E-state index >= 15 is 0 Å². The molecule has 2 aromatic rings. The van der Waals surface area contributed by atoms with Crippen LogP contribution in [0.25, 0.3) is 0 Å². The van der Waals surface area contributed by atoms with Crippen LogP contribution >= 0.6 is 0 Å². The van der Waals surface area contributed by atoms with Gasteiger partial charge in [0.15, 0.2) is 11.6 Å². The Morgan fingerprint density at radius 2 is 1.86 bits per heavy atom. The van der Waals surface area contributed by atoms with Crippen LogP contribution in [0.3, 0.4) is 0 Å². The minimum Gasteiger partial charge on any atom is -0.423 e. The number of alkyl halides is 3. The maximum absolute atomic E-state index is 13.7. The average Bonchev–Trinajstić information content (AvgIpc) is 3.12. The van der Waals surface area contributed by atoms with Crippen molar-refractivity contribution in [1.82, 2.24) is 0 Å². The summed E-state index contributed by atoms with van der Waals surface area (Å²) in [5.41, 5.74) is 1.19. The van der Waals surface area contributed by atoms with Crippen molar-refractivity contribution in [3.05, 3.63) is 59.4 Å². The van der Waals surface area contributed by atoms with Gasteiger partial charge in [-0.05, 0) is 49.1 Å². The Morgan fingerprint density at radius 1 is 1.14 bits per heavy atom. The van der Waals surface area contributed by atoms with Crippen LogP contribution in [0.1, 0.15) is 54.6 Å². The maximum Gasteiger partial charge on any atom is 0.573 e. The number of halogens is 4. The first kappa shape index (κ1) is 21.1. The number of rotatable bonds is 6. The third kappa shape index (κ3) is 5.69. The normalized spacial score (nSPS) is 19.2. The molecule has 0 bridgehead atoms. The van der Waals surface area contributed by atoms with Gasteiger partial charge in [0.2, 0.25) is 0 Å². The molecule has 8 heteroatoms. The molecule has 29 heavy (non-hydrogen) atoms. The summed E-state index contributed by atoms with van der Waals surface area (Å²) in [6.07, 6.45) is -0.765. The lowest BCUT2D eigenvalue weighted by atomic mass is 10.0. The Hall–Kier alpha value is -2.61. The molecule has 0 aromatic heterocycles. The maximum atomic E-state index is 13.7. The van der Waals surface area contributed by atoms with Crippen molar-refractivity contribution in [2.45, 2.75) is 51.2 Å². The molecule has 1 fully saturated rings. The molecule has 1 aliphatic rings. The molecule has 0 radical (unpaired) electrons. The molecule has 0 spiro atoms. The van der Waals surface area contributed by atoms with E-state index in [9.17, 15) is 22.4 Å². The van der Waals surface area contributed by atoms with Crippen molar-refractivity contribution in [1.29, 1.82) is 0 Å². The molecular formula is C21H20F4O4. The van der Waals surface area contributed by atoms with Gasteiger partial charge in [-0.2, -0.15) is 0 Å². The molecule has 4 nitrogen and oxygen atoms in total. The van der Waals surface area contributed by atoms with Crippen LogP contribution in [-0.4, -0.2) is 18.4 Å². The lowest BCUT2D eigenvalue weighted by Crippen LogP contribution is -2.18. The monoisotopic (exact) mass is 412 g/mol. The number of esters is 1. The first-order chi connectivity index (χ1) is 13.7. The van der Waals surface area contributed by atoms with E-state index in [0.717, 1.165) is 43.4 Å². The van der Waals surface area contributed by atoms with E-state index in [1.807, 2.05) is 0 Å². The highest BCUT2D eigenvalue weighted by Crippen LogP contribution is 2.34. The van der Waals surface area contributed by atoms with E-state index in [1.165, 1.54) is 0 Å². The Balaban J connectivity index is 1.62. The molecule has 1 heterocycles. The molecule has 2 unspecified atom stereocenters. The van der Waals surface area contributed by atoms with Gasteiger partial charge in [-0.1, -0.05) is 25.5 Å². The van der Waals surface area contributed by atoms with Gasteiger partial charge in [0.1, 0.15) is 5.75 Å². The second-order valence-electron chi connectivity index (χ2n) is 6.76. The lowest BCUT2D eigenvalue weighted by molar-refractivity contribution is -0.275. The molecule has 1 aliphatic heterocycles. The van der Waals surface area contributed by atoms with Crippen molar-refractivity contribution in [3.8, 4) is 11.5 Å². The average molecular weight is 412 g/mol. The van der Waals surface area contributed by atoms with E-state index in [0.29, 0.717) is 6.07 Å². The first-order valence-electron chi connectivity index (χ1n) is 9.28. The smallest absolute Gasteiger partial charge is 0.423 e. The second kappa shape index (κ2) is 8.82. The molecule has 0 amide bonds. The van der Waals surface area contributed by atoms with Crippen molar-refractivity contribution < 1.29 is 36.6 Å². The standard InChI is InChI=1S/C21H20F4O4/c1-2-3-15-8-10-18(27-15)13-4-6-14(7-5-13)20(26)28-16-9-11-19(17(22)12-16)29-21(23,24)25/h4-7,9,11-12,15,18H,2-3,8,10H2,1H3. The number of carbonyl (C=O) groups excluding carboxylic acids is 1. The van der Waals surface area contributed by atoms with Crippen LogP contribution in [-0.2, 0) is 4.74 Å². The Kier molecular flexibility index (Phi) is 6.42. The SMILES string of the molecule is CCCC1CCC(c2ccc(C(=O)Oc3ccc(OC(F)(F)F)c(F)c3)cc2)O1. The Morgan fingerprint density at radius 3 is 2.48 bits per heavy atom. The van der Waals surface area contributed by atoms with Gasteiger partial charge in [0.25, 0.3) is 0 Å². The minimum absolute atomic E-state index is 0.00751. The summed E-state index contributed by atoms with van der Waals surface area (Å²) >= 11 is 0. The van der Waals surface area contributed by atoms with Crippen LogP contribution in [0, 0.1) is 5.82 Å². The fraction of sp³-hybridized carbons (Fsp3) is 0.381. The van der Waals surface area contributed by atoms with E-state index < -0.39 is 23.9 Å². The highest BCUT2D eigenvalue weighted by molar-refractivity contribution is 5.91. The summed E-state index contributed by atoms with van der Waals surface area (Å²) in [4.78, 5) is 12.2. The molecule has 0 saturated carbocycles. The topological polar surface area (TPSA) is 44.8 Å². The summed E-state index contributed by atoms with van der Waals surface area (Å²) in [5, 5.41) is 0. The summed E-state index contributed by atoms with van der Waals surface area (Å²) < 4.78 is 64.8. The summed E-state index contributed by atoms with van der Waals surface area (Å²) in [5.74, 6) is -3.27. The Labute approximate surface area is 165 Å². The van der Waals surface area contributed by atoms with E-state index in [1.54, 1.807) is 24.3 Å². The number of carbonyl (C=O) groups is 1. The molecule has 2 aromatic carbocycles. The van der Waals surface area contributed by atoms with Gasteiger partial charge in [-0.3, -0.25) is 0 Å². The fourth-order valence-electron chi connectivity index (χ4n) is 3.24. The molecule has 1 saturated heterocycles. The van der Waals surface area contributed by atoms with Crippen molar-refractivity contribution in [2.24, 2.45) is 0 Å². The predicted molar refractivity (Wildman–Crippen MR) is 96.2 cm³/mol. The number of hydrogen-bond acceptors (Lipinski definition) is 4. The number of ether oxygens (including phenoxy) is 3. The quantitative estimate of drug-likeness (QED) is 0.333. The summed E-state index contributed by atoms with van der Waals surface area (Å²) in [6, 6.07) is 9.13.